The van der Waals surface area contributed by atoms with Gasteiger partial charge in [-0.2, -0.15) is 16.3 Å². The van der Waals surface area contributed by atoms with Crippen molar-refractivity contribution in [3.63, 3.8) is 0 Å². The van der Waals surface area contributed by atoms with Gasteiger partial charge in [0.2, 0.25) is 0 Å². The lowest BCUT2D eigenvalue weighted by Gasteiger charge is -2.19. The van der Waals surface area contributed by atoms with Gasteiger partial charge in [-0.3, -0.25) is 0 Å². The summed E-state index contributed by atoms with van der Waals surface area (Å²) in [5.41, 5.74) is 6.71. The van der Waals surface area contributed by atoms with Gasteiger partial charge in [-0.15, -0.1) is 5.10 Å². The van der Waals surface area contributed by atoms with Gasteiger partial charge in [-0.05, 0) is 42.4 Å². The van der Waals surface area contributed by atoms with Crippen LogP contribution in [0, 0.1) is 5.92 Å². The first-order chi connectivity index (χ1) is 8.33. The van der Waals surface area contributed by atoms with Crippen LogP contribution in [0.15, 0.2) is 18.2 Å². The number of nitrogens with two attached hydrogens (primary N) is 1. The molecular formula is C12H16N4S. The molecule has 3 heterocycles. The monoisotopic (exact) mass is 248 g/mol. The number of rotatable bonds is 2. The van der Waals surface area contributed by atoms with Crippen molar-refractivity contribution in [1.82, 2.24) is 14.6 Å². The zero-order valence-corrected chi connectivity index (χ0v) is 10.5. The molecule has 0 atom stereocenters. The summed E-state index contributed by atoms with van der Waals surface area (Å²) in [4.78, 5) is 4.53. The van der Waals surface area contributed by atoms with E-state index in [9.17, 15) is 0 Å². The predicted octanol–water partition coefficient (Wildman–Crippen LogP) is 2.00. The van der Waals surface area contributed by atoms with E-state index in [1.54, 1.807) is 4.52 Å². The molecule has 0 bridgehead atoms. The van der Waals surface area contributed by atoms with Crippen LogP contribution in [0.4, 0.5) is 5.82 Å². The highest BCUT2D eigenvalue weighted by Gasteiger charge is 2.16. The Labute approximate surface area is 105 Å². The average Bonchev–Trinajstić information content (AvgIpc) is 2.74. The molecule has 4 nitrogen and oxygen atoms in total. The summed E-state index contributed by atoms with van der Waals surface area (Å²) < 4.78 is 1.73. The van der Waals surface area contributed by atoms with Crippen LogP contribution in [-0.2, 0) is 6.42 Å². The molecule has 90 valence electrons. The quantitative estimate of drug-likeness (QED) is 0.883. The molecule has 0 aromatic carbocycles. The second-order valence-electron chi connectivity index (χ2n) is 4.51. The molecule has 0 saturated carbocycles. The predicted molar refractivity (Wildman–Crippen MR) is 71.2 cm³/mol. The van der Waals surface area contributed by atoms with Crippen LogP contribution in [0.3, 0.4) is 0 Å². The van der Waals surface area contributed by atoms with E-state index in [0.29, 0.717) is 5.82 Å². The first kappa shape index (κ1) is 10.9. The average molecular weight is 248 g/mol. The van der Waals surface area contributed by atoms with Crippen LogP contribution in [0.5, 0.6) is 0 Å². The fraction of sp³-hybridized carbons (Fsp3) is 0.500. The summed E-state index contributed by atoms with van der Waals surface area (Å²) in [7, 11) is 0. The lowest BCUT2D eigenvalue weighted by atomic mass is 9.99. The van der Waals surface area contributed by atoms with E-state index < -0.39 is 0 Å². The van der Waals surface area contributed by atoms with Crippen LogP contribution < -0.4 is 5.73 Å². The van der Waals surface area contributed by atoms with E-state index >= 15 is 0 Å². The fourth-order valence-corrected chi connectivity index (χ4v) is 3.47. The number of hydrogen-bond donors (Lipinski definition) is 1. The van der Waals surface area contributed by atoms with Crippen molar-refractivity contribution in [3.8, 4) is 0 Å². The molecule has 2 aromatic heterocycles. The minimum atomic E-state index is 0.653. The van der Waals surface area contributed by atoms with Gasteiger partial charge in [0, 0.05) is 6.42 Å². The molecule has 0 radical (unpaired) electrons. The maximum atomic E-state index is 5.86. The highest BCUT2D eigenvalue weighted by atomic mass is 32.2. The Hall–Kier alpha value is -1.23. The summed E-state index contributed by atoms with van der Waals surface area (Å²) in [6.07, 6.45) is 3.56. The zero-order valence-electron chi connectivity index (χ0n) is 9.67. The highest BCUT2D eigenvalue weighted by Crippen LogP contribution is 2.25. The third-order valence-electron chi connectivity index (χ3n) is 3.25. The van der Waals surface area contributed by atoms with Crippen molar-refractivity contribution >= 4 is 23.2 Å². The van der Waals surface area contributed by atoms with Crippen LogP contribution in [0.1, 0.15) is 18.7 Å². The van der Waals surface area contributed by atoms with Gasteiger partial charge in [-0.1, -0.05) is 6.07 Å². The van der Waals surface area contributed by atoms with Crippen LogP contribution in [0.25, 0.3) is 5.65 Å². The number of nitrogen functional groups attached to an aromatic ring is 1. The van der Waals surface area contributed by atoms with Crippen molar-refractivity contribution in [3.05, 3.63) is 24.0 Å². The Morgan fingerprint density at radius 2 is 2.18 bits per heavy atom. The molecule has 2 aromatic rings. The van der Waals surface area contributed by atoms with Crippen LogP contribution >= 0.6 is 11.8 Å². The highest BCUT2D eigenvalue weighted by molar-refractivity contribution is 7.99. The van der Waals surface area contributed by atoms with E-state index in [2.05, 4.69) is 21.8 Å². The Bertz CT molecular complexity index is 516. The Balaban J connectivity index is 1.83. The van der Waals surface area contributed by atoms with Crippen molar-refractivity contribution < 1.29 is 0 Å². The van der Waals surface area contributed by atoms with Crippen molar-refractivity contribution in [2.24, 2.45) is 5.92 Å². The second kappa shape index (κ2) is 4.56. The van der Waals surface area contributed by atoms with Gasteiger partial charge in [-0.25, -0.2) is 4.98 Å². The van der Waals surface area contributed by atoms with Crippen LogP contribution in [0.2, 0.25) is 0 Å². The van der Waals surface area contributed by atoms with Gasteiger partial charge in [0.05, 0.1) is 0 Å². The van der Waals surface area contributed by atoms with Gasteiger partial charge < -0.3 is 5.73 Å². The summed E-state index contributed by atoms with van der Waals surface area (Å²) in [5.74, 6) is 4.88. The number of nitrogens with zero attached hydrogens (tertiary/aromatic N) is 3. The van der Waals surface area contributed by atoms with Crippen molar-refractivity contribution in [2.75, 3.05) is 17.2 Å². The second-order valence-corrected chi connectivity index (χ2v) is 5.73. The molecular weight excluding hydrogens is 232 g/mol. The molecule has 1 fully saturated rings. The number of thioether (sulfide) groups is 1. The molecule has 0 spiro atoms. The first-order valence-corrected chi connectivity index (χ1v) is 7.16. The molecule has 3 rings (SSSR count). The lowest BCUT2D eigenvalue weighted by Crippen LogP contribution is -2.13. The summed E-state index contributed by atoms with van der Waals surface area (Å²) in [6.45, 7) is 0. The lowest BCUT2D eigenvalue weighted by molar-refractivity contribution is 0.476. The summed E-state index contributed by atoms with van der Waals surface area (Å²) in [6, 6.07) is 5.71. The number of fused-ring (bicyclic) bond motifs is 1. The molecule has 1 aliphatic rings. The molecule has 5 heteroatoms. The molecule has 1 aliphatic heterocycles. The van der Waals surface area contributed by atoms with Crippen LogP contribution in [-0.4, -0.2) is 26.1 Å². The molecule has 1 saturated heterocycles. The standard InChI is InChI=1S/C12H16N4S/c13-10-2-1-3-12-14-11(15-16(10)12)8-9-4-6-17-7-5-9/h1-3,9H,4-8,13H2. The Morgan fingerprint density at radius 1 is 1.35 bits per heavy atom. The minimum absolute atomic E-state index is 0.653. The smallest absolute Gasteiger partial charge is 0.157 e. The van der Waals surface area contributed by atoms with E-state index in [1.807, 2.05) is 18.2 Å². The van der Waals surface area contributed by atoms with Gasteiger partial charge in [0.15, 0.2) is 11.5 Å². The Morgan fingerprint density at radius 3 is 2.94 bits per heavy atom. The fourth-order valence-electron chi connectivity index (χ4n) is 2.27. The third kappa shape index (κ3) is 2.24. The number of aromatic nitrogens is 3. The Kier molecular flexibility index (Phi) is 2.93. The normalized spacial score (nSPS) is 17.6. The topological polar surface area (TPSA) is 56.2 Å². The van der Waals surface area contributed by atoms with E-state index in [0.717, 1.165) is 23.8 Å². The molecule has 2 N–H and O–H groups in total. The molecule has 0 unspecified atom stereocenters. The molecule has 0 aliphatic carbocycles. The SMILES string of the molecule is Nc1cccc2nc(CC3CCSCC3)nn12. The van der Waals surface area contributed by atoms with E-state index in [4.69, 9.17) is 5.73 Å². The maximum Gasteiger partial charge on any atom is 0.157 e. The number of anilines is 1. The van der Waals surface area contributed by atoms with Gasteiger partial charge in [0.1, 0.15) is 5.82 Å². The first-order valence-electron chi connectivity index (χ1n) is 6.01. The number of pyridine rings is 1. The van der Waals surface area contributed by atoms with Gasteiger partial charge in [0.25, 0.3) is 0 Å². The van der Waals surface area contributed by atoms with E-state index in [1.165, 1.54) is 24.3 Å². The van der Waals surface area contributed by atoms with E-state index in [-0.39, 0.29) is 0 Å². The van der Waals surface area contributed by atoms with Crippen molar-refractivity contribution in [1.29, 1.82) is 0 Å². The number of hydrogen-bond acceptors (Lipinski definition) is 4. The summed E-state index contributed by atoms with van der Waals surface area (Å²) in [5, 5.41) is 4.48. The largest absolute Gasteiger partial charge is 0.384 e. The minimum Gasteiger partial charge on any atom is -0.384 e. The molecule has 17 heavy (non-hydrogen) atoms. The molecule has 0 amide bonds. The third-order valence-corrected chi connectivity index (χ3v) is 4.29. The summed E-state index contributed by atoms with van der Waals surface area (Å²) >= 11 is 2.05. The van der Waals surface area contributed by atoms with Gasteiger partial charge >= 0.3 is 0 Å². The zero-order chi connectivity index (χ0) is 11.7. The maximum absolute atomic E-state index is 5.86. The van der Waals surface area contributed by atoms with Crippen molar-refractivity contribution in [2.45, 2.75) is 19.3 Å².